The summed E-state index contributed by atoms with van der Waals surface area (Å²) < 4.78 is 0. The van der Waals surface area contributed by atoms with Gasteiger partial charge in [0, 0.05) is 0 Å². The largest absolute Gasteiger partial charge is 0.0885 e. The molecule has 0 amide bonds. The van der Waals surface area contributed by atoms with Crippen molar-refractivity contribution in [1.82, 2.24) is 0 Å². The lowest BCUT2D eigenvalue weighted by Crippen LogP contribution is -1.62. The summed E-state index contributed by atoms with van der Waals surface area (Å²) in [6.07, 6.45) is 9.08. The van der Waals surface area contributed by atoms with Gasteiger partial charge in [0.15, 0.2) is 0 Å². The molecule has 0 aliphatic heterocycles. The van der Waals surface area contributed by atoms with E-state index in [9.17, 15) is 0 Å². The number of allylic oxidation sites excluding steroid dienone is 2. The first-order chi connectivity index (χ1) is 3.91. The Labute approximate surface area is 52.6 Å². The molecular weight excluding hydrogens is 96.1 g/mol. The Kier molecular flexibility index (Phi) is 6.52. The lowest BCUT2D eigenvalue weighted by molar-refractivity contribution is 0.943. The SMILES string of the molecule is [CH2]CCC=CCCC. The van der Waals surface area contributed by atoms with Crippen LogP contribution in [-0.2, 0) is 0 Å². The molecule has 0 nitrogen and oxygen atoms in total. The monoisotopic (exact) mass is 111 g/mol. The molecule has 0 aliphatic carbocycles. The lowest BCUT2D eigenvalue weighted by atomic mass is 10.2. The summed E-state index contributed by atoms with van der Waals surface area (Å²) in [6.45, 7) is 5.92. The maximum atomic E-state index is 3.73. The van der Waals surface area contributed by atoms with Crippen LogP contribution in [0.25, 0.3) is 0 Å². The molecule has 0 spiro atoms. The van der Waals surface area contributed by atoms with E-state index in [-0.39, 0.29) is 0 Å². The fraction of sp³-hybridized carbons (Fsp3) is 0.625. The van der Waals surface area contributed by atoms with E-state index in [0.717, 1.165) is 12.8 Å². The molecule has 1 radical (unpaired) electrons. The van der Waals surface area contributed by atoms with Crippen molar-refractivity contribution >= 4 is 0 Å². The van der Waals surface area contributed by atoms with Crippen molar-refractivity contribution in [3.63, 3.8) is 0 Å². The van der Waals surface area contributed by atoms with Gasteiger partial charge in [0.1, 0.15) is 0 Å². The molecule has 0 unspecified atom stereocenters. The molecule has 0 fully saturated rings. The molecule has 0 aromatic rings. The quantitative estimate of drug-likeness (QED) is 0.489. The standard InChI is InChI=1S/C8H15/c1-3-5-7-8-6-4-2/h7-8H,1,3-6H2,2H3. The highest BCUT2D eigenvalue weighted by molar-refractivity contribution is 4.80. The molecule has 0 N–H and O–H groups in total. The van der Waals surface area contributed by atoms with Gasteiger partial charge in [0.2, 0.25) is 0 Å². The van der Waals surface area contributed by atoms with Gasteiger partial charge in [0.25, 0.3) is 0 Å². The first-order valence-corrected chi connectivity index (χ1v) is 3.36. The lowest BCUT2D eigenvalue weighted by Gasteiger charge is -1.83. The van der Waals surface area contributed by atoms with Crippen LogP contribution in [0.2, 0.25) is 0 Å². The smallest absolute Gasteiger partial charge is 0.0351 e. The maximum Gasteiger partial charge on any atom is -0.0351 e. The van der Waals surface area contributed by atoms with Crippen LogP contribution < -0.4 is 0 Å². The fourth-order valence-corrected chi connectivity index (χ4v) is 0.520. The summed E-state index contributed by atoms with van der Waals surface area (Å²) >= 11 is 0. The van der Waals surface area contributed by atoms with Crippen molar-refractivity contribution in [3.05, 3.63) is 19.1 Å². The first kappa shape index (κ1) is 7.74. The zero-order valence-corrected chi connectivity index (χ0v) is 5.69. The Morgan fingerprint density at radius 2 is 1.88 bits per heavy atom. The summed E-state index contributed by atoms with van der Waals surface area (Å²) in [6, 6.07) is 0. The van der Waals surface area contributed by atoms with Gasteiger partial charge in [-0.1, -0.05) is 32.4 Å². The second kappa shape index (κ2) is 6.74. The molecule has 0 atom stereocenters. The van der Waals surface area contributed by atoms with Gasteiger partial charge in [-0.3, -0.25) is 0 Å². The summed E-state index contributed by atoms with van der Waals surface area (Å²) in [5.74, 6) is 0. The number of unbranched alkanes of at least 4 members (excludes halogenated alkanes) is 2. The van der Waals surface area contributed by atoms with Crippen LogP contribution >= 0.6 is 0 Å². The Hall–Kier alpha value is -0.260. The van der Waals surface area contributed by atoms with Crippen LogP contribution in [0.4, 0.5) is 0 Å². The molecule has 0 aromatic heterocycles. The summed E-state index contributed by atoms with van der Waals surface area (Å²) in [7, 11) is 0. The maximum absolute atomic E-state index is 3.73. The number of hydrogen-bond acceptors (Lipinski definition) is 0. The topological polar surface area (TPSA) is 0 Å². The minimum atomic E-state index is 1.03. The molecule has 0 aliphatic rings. The minimum Gasteiger partial charge on any atom is -0.0885 e. The third kappa shape index (κ3) is 5.74. The Morgan fingerprint density at radius 3 is 2.38 bits per heavy atom. The van der Waals surface area contributed by atoms with Crippen molar-refractivity contribution in [2.45, 2.75) is 32.6 Å². The van der Waals surface area contributed by atoms with E-state index in [1.807, 2.05) is 0 Å². The third-order valence-corrected chi connectivity index (χ3v) is 0.993. The van der Waals surface area contributed by atoms with Crippen LogP contribution in [-0.4, -0.2) is 0 Å². The number of rotatable bonds is 4. The van der Waals surface area contributed by atoms with Crippen LogP contribution in [0, 0.1) is 6.92 Å². The number of hydrogen-bond donors (Lipinski definition) is 0. The van der Waals surface area contributed by atoms with Gasteiger partial charge in [-0.2, -0.15) is 0 Å². The van der Waals surface area contributed by atoms with E-state index >= 15 is 0 Å². The predicted molar refractivity (Wildman–Crippen MR) is 38.6 cm³/mol. The average Bonchev–Trinajstić information content (AvgIpc) is 1.81. The molecule has 0 rings (SSSR count). The van der Waals surface area contributed by atoms with E-state index in [4.69, 9.17) is 0 Å². The van der Waals surface area contributed by atoms with Gasteiger partial charge in [0.05, 0.1) is 0 Å². The molecule has 0 heteroatoms. The van der Waals surface area contributed by atoms with Crippen LogP contribution in [0.1, 0.15) is 32.6 Å². The van der Waals surface area contributed by atoms with Gasteiger partial charge in [-0.25, -0.2) is 0 Å². The van der Waals surface area contributed by atoms with Crippen LogP contribution in [0.3, 0.4) is 0 Å². The van der Waals surface area contributed by atoms with Crippen LogP contribution in [0.15, 0.2) is 12.2 Å². The molecule has 0 saturated carbocycles. The highest BCUT2D eigenvalue weighted by Gasteiger charge is 1.72. The highest BCUT2D eigenvalue weighted by atomic mass is 13.8. The normalized spacial score (nSPS) is 10.8. The van der Waals surface area contributed by atoms with E-state index in [1.165, 1.54) is 12.8 Å². The summed E-state index contributed by atoms with van der Waals surface area (Å²) in [5, 5.41) is 0. The summed E-state index contributed by atoms with van der Waals surface area (Å²) in [4.78, 5) is 0. The zero-order chi connectivity index (χ0) is 6.24. The third-order valence-electron chi connectivity index (χ3n) is 0.993. The second-order valence-corrected chi connectivity index (χ2v) is 1.90. The van der Waals surface area contributed by atoms with Crippen molar-refractivity contribution in [1.29, 1.82) is 0 Å². The molecule has 0 heterocycles. The van der Waals surface area contributed by atoms with Crippen molar-refractivity contribution in [3.8, 4) is 0 Å². The van der Waals surface area contributed by atoms with Gasteiger partial charge in [-0.05, 0) is 19.3 Å². The molecule has 0 saturated heterocycles. The molecule has 47 valence electrons. The molecule has 0 aromatic carbocycles. The molecular formula is C8H15. The minimum absolute atomic E-state index is 1.03. The van der Waals surface area contributed by atoms with Crippen LogP contribution in [0.5, 0.6) is 0 Å². The van der Waals surface area contributed by atoms with E-state index in [0.29, 0.717) is 0 Å². The van der Waals surface area contributed by atoms with E-state index in [1.54, 1.807) is 0 Å². The van der Waals surface area contributed by atoms with Gasteiger partial charge in [-0.15, -0.1) is 0 Å². The average molecular weight is 111 g/mol. The summed E-state index contributed by atoms with van der Waals surface area (Å²) in [5.41, 5.74) is 0. The van der Waals surface area contributed by atoms with E-state index in [2.05, 4.69) is 26.0 Å². The fourth-order valence-electron chi connectivity index (χ4n) is 0.520. The van der Waals surface area contributed by atoms with Crippen molar-refractivity contribution < 1.29 is 0 Å². The second-order valence-electron chi connectivity index (χ2n) is 1.90. The van der Waals surface area contributed by atoms with Gasteiger partial charge < -0.3 is 0 Å². The Balaban J connectivity index is 2.83. The van der Waals surface area contributed by atoms with E-state index < -0.39 is 0 Å². The highest BCUT2D eigenvalue weighted by Crippen LogP contribution is 1.92. The first-order valence-electron chi connectivity index (χ1n) is 3.36. The van der Waals surface area contributed by atoms with Crippen molar-refractivity contribution in [2.75, 3.05) is 0 Å². The molecule has 0 bridgehead atoms. The van der Waals surface area contributed by atoms with Crippen molar-refractivity contribution in [2.24, 2.45) is 0 Å². The Bertz CT molecular complexity index is 45.1. The zero-order valence-electron chi connectivity index (χ0n) is 5.69. The Morgan fingerprint density at radius 1 is 1.25 bits per heavy atom. The molecule has 8 heavy (non-hydrogen) atoms. The van der Waals surface area contributed by atoms with Gasteiger partial charge >= 0.3 is 0 Å². The predicted octanol–water partition coefficient (Wildman–Crippen LogP) is 2.96.